The lowest BCUT2D eigenvalue weighted by atomic mass is 9.85. The lowest BCUT2D eigenvalue weighted by molar-refractivity contribution is -0.0109. The number of hydrogen-bond donors (Lipinski definition) is 1. The third-order valence-corrected chi connectivity index (χ3v) is 4.22. The summed E-state index contributed by atoms with van der Waals surface area (Å²) in [4.78, 5) is 0. The van der Waals surface area contributed by atoms with Gasteiger partial charge < -0.3 is 10.1 Å². The molecule has 17 heavy (non-hydrogen) atoms. The number of ether oxygens (including phenoxy) is 1. The summed E-state index contributed by atoms with van der Waals surface area (Å²) in [5.74, 6) is 0.817. The van der Waals surface area contributed by atoms with E-state index >= 15 is 0 Å². The second-order valence-corrected chi connectivity index (χ2v) is 5.33. The Kier molecular flexibility index (Phi) is 7.87. The van der Waals surface area contributed by atoms with Gasteiger partial charge in [-0.3, -0.25) is 0 Å². The minimum atomic E-state index is 0.539. The Morgan fingerprint density at radius 2 is 1.82 bits per heavy atom. The zero-order chi connectivity index (χ0) is 12.5. The van der Waals surface area contributed by atoms with Crippen molar-refractivity contribution in [2.45, 2.75) is 77.9 Å². The summed E-state index contributed by atoms with van der Waals surface area (Å²) < 4.78 is 6.06. The number of rotatable bonds is 8. The van der Waals surface area contributed by atoms with E-state index in [0.717, 1.165) is 19.1 Å². The first-order chi connectivity index (χ1) is 8.31. The van der Waals surface area contributed by atoms with Gasteiger partial charge in [0.1, 0.15) is 0 Å². The van der Waals surface area contributed by atoms with Gasteiger partial charge in [0.05, 0.1) is 12.7 Å². The van der Waals surface area contributed by atoms with Crippen LogP contribution in [0.3, 0.4) is 0 Å². The predicted molar refractivity (Wildman–Crippen MR) is 74.4 cm³/mol. The van der Waals surface area contributed by atoms with Crippen LogP contribution >= 0.6 is 0 Å². The van der Waals surface area contributed by atoms with Crippen LogP contribution in [0.25, 0.3) is 0 Å². The maximum Gasteiger partial charge on any atom is 0.0603 e. The molecule has 0 heterocycles. The minimum absolute atomic E-state index is 0.539. The zero-order valence-electron chi connectivity index (χ0n) is 12.0. The van der Waals surface area contributed by atoms with Gasteiger partial charge in [-0.05, 0) is 31.6 Å². The van der Waals surface area contributed by atoms with Crippen molar-refractivity contribution in [2.24, 2.45) is 5.92 Å². The molecule has 0 aliphatic heterocycles. The van der Waals surface area contributed by atoms with Crippen LogP contribution in [0.4, 0.5) is 0 Å². The topological polar surface area (TPSA) is 21.3 Å². The molecular weight excluding hydrogens is 210 g/mol. The maximum absolute atomic E-state index is 6.06. The van der Waals surface area contributed by atoms with Gasteiger partial charge in [0.15, 0.2) is 0 Å². The van der Waals surface area contributed by atoms with Crippen LogP contribution in [0.1, 0.15) is 65.7 Å². The highest BCUT2D eigenvalue weighted by Gasteiger charge is 2.23. The molecule has 1 saturated carbocycles. The highest BCUT2D eigenvalue weighted by atomic mass is 16.5. The third kappa shape index (κ3) is 5.39. The number of nitrogens with one attached hydrogen (secondary N) is 1. The van der Waals surface area contributed by atoms with Crippen molar-refractivity contribution in [1.82, 2.24) is 5.32 Å². The largest absolute Gasteiger partial charge is 0.377 e. The molecule has 0 aromatic carbocycles. The van der Waals surface area contributed by atoms with E-state index in [0.29, 0.717) is 12.1 Å². The van der Waals surface area contributed by atoms with Gasteiger partial charge in [-0.15, -0.1) is 0 Å². The molecule has 1 aliphatic rings. The van der Waals surface area contributed by atoms with Crippen LogP contribution in [0.15, 0.2) is 0 Å². The molecule has 1 aliphatic carbocycles. The molecule has 2 heteroatoms. The summed E-state index contributed by atoms with van der Waals surface area (Å²) in [6, 6.07) is 0.673. The number of hydrogen-bond acceptors (Lipinski definition) is 2. The van der Waals surface area contributed by atoms with E-state index in [1.165, 1.54) is 44.9 Å². The van der Waals surface area contributed by atoms with Crippen LogP contribution in [0.5, 0.6) is 0 Å². The van der Waals surface area contributed by atoms with E-state index in [1.807, 2.05) is 0 Å². The highest BCUT2D eigenvalue weighted by Crippen LogP contribution is 2.28. The zero-order valence-corrected chi connectivity index (χ0v) is 12.0. The maximum atomic E-state index is 6.06. The van der Waals surface area contributed by atoms with Crippen LogP contribution < -0.4 is 5.32 Å². The van der Waals surface area contributed by atoms with E-state index in [1.54, 1.807) is 0 Å². The fourth-order valence-corrected chi connectivity index (χ4v) is 2.91. The summed E-state index contributed by atoms with van der Waals surface area (Å²) in [6.07, 6.45) is 9.69. The van der Waals surface area contributed by atoms with Crippen LogP contribution in [0.2, 0.25) is 0 Å². The van der Waals surface area contributed by atoms with Gasteiger partial charge in [-0.1, -0.05) is 40.0 Å². The Hall–Kier alpha value is -0.0800. The van der Waals surface area contributed by atoms with Gasteiger partial charge in [0.25, 0.3) is 0 Å². The van der Waals surface area contributed by atoms with E-state index < -0.39 is 0 Å². The Morgan fingerprint density at radius 3 is 2.47 bits per heavy atom. The van der Waals surface area contributed by atoms with E-state index in [9.17, 15) is 0 Å². The summed E-state index contributed by atoms with van der Waals surface area (Å²) in [5.41, 5.74) is 0. The SMILES string of the molecule is CCC(CC)NCCOC1CCCCC1CC. The average molecular weight is 241 g/mol. The first-order valence-electron chi connectivity index (χ1n) is 7.66. The molecule has 2 atom stereocenters. The van der Waals surface area contributed by atoms with Gasteiger partial charge >= 0.3 is 0 Å². The van der Waals surface area contributed by atoms with Crippen molar-refractivity contribution < 1.29 is 4.74 Å². The van der Waals surface area contributed by atoms with Crippen molar-refractivity contribution >= 4 is 0 Å². The molecule has 0 aromatic heterocycles. The molecule has 0 radical (unpaired) electrons. The smallest absolute Gasteiger partial charge is 0.0603 e. The monoisotopic (exact) mass is 241 g/mol. The highest BCUT2D eigenvalue weighted by molar-refractivity contribution is 4.75. The lowest BCUT2D eigenvalue weighted by Crippen LogP contribution is -2.34. The quantitative estimate of drug-likeness (QED) is 0.653. The molecule has 1 fully saturated rings. The molecule has 0 bridgehead atoms. The second kappa shape index (κ2) is 8.93. The van der Waals surface area contributed by atoms with Gasteiger partial charge in [0, 0.05) is 12.6 Å². The summed E-state index contributed by atoms with van der Waals surface area (Å²) >= 11 is 0. The Labute approximate surface area is 108 Å². The fraction of sp³-hybridized carbons (Fsp3) is 1.00. The molecule has 2 nitrogen and oxygen atoms in total. The molecule has 1 rings (SSSR count). The van der Waals surface area contributed by atoms with Gasteiger partial charge in [0.2, 0.25) is 0 Å². The molecular formula is C15H31NO. The van der Waals surface area contributed by atoms with Crippen molar-refractivity contribution in [3.63, 3.8) is 0 Å². The normalized spacial score (nSPS) is 25.4. The molecule has 0 amide bonds. The van der Waals surface area contributed by atoms with Crippen molar-refractivity contribution in [3.8, 4) is 0 Å². The Morgan fingerprint density at radius 1 is 1.12 bits per heavy atom. The first-order valence-corrected chi connectivity index (χ1v) is 7.66. The van der Waals surface area contributed by atoms with Gasteiger partial charge in [-0.25, -0.2) is 0 Å². The first kappa shape index (κ1) is 15.0. The average Bonchev–Trinajstić information content (AvgIpc) is 2.39. The minimum Gasteiger partial charge on any atom is -0.377 e. The predicted octanol–water partition coefficient (Wildman–Crippen LogP) is 3.75. The molecule has 0 spiro atoms. The van der Waals surface area contributed by atoms with Crippen LogP contribution in [0, 0.1) is 5.92 Å². The van der Waals surface area contributed by atoms with Crippen molar-refractivity contribution in [1.29, 1.82) is 0 Å². The lowest BCUT2D eigenvalue weighted by Gasteiger charge is -2.31. The van der Waals surface area contributed by atoms with E-state index in [2.05, 4.69) is 26.1 Å². The standard InChI is InChI=1S/C15H31NO/c1-4-13-9-7-8-10-15(13)17-12-11-16-14(5-2)6-3/h13-16H,4-12H2,1-3H3. The third-order valence-electron chi connectivity index (χ3n) is 4.22. The summed E-state index contributed by atoms with van der Waals surface area (Å²) in [5, 5.41) is 3.57. The van der Waals surface area contributed by atoms with Gasteiger partial charge in [-0.2, -0.15) is 0 Å². The molecule has 0 saturated heterocycles. The summed E-state index contributed by atoms with van der Waals surface area (Å²) in [6.45, 7) is 8.69. The second-order valence-electron chi connectivity index (χ2n) is 5.33. The van der Waals surface area contributed by atoms with E-state index in [4.69, 9.17) is 4.74 Å². The van der Waals surface area contributed by atoms with Crippen molar-refractivity contribution in [3.05, 3.63) is 0 Å². The van der Waals surface area contributed by atoms with Crippen LogP contribution in [-0.2, 0) is 4.74 Å². The molecule has 1 N–H and O–H groups in total. The van der Waals surface area contributed by atoms with E-state index in [-0.39, 0.29) is 0 Å². The molecule has 2 unspecified atom stereocenters. The fourth-order valence-electron chi connectivity index (χ4n) is 2.91. The Balaban J connectivity index is 2.12. The van der Waals surface area contributed by atoms with Crippen LogP contribution in [-0.4, -0.2) is 25.3 Å². The molecule has 102 valence electrons. The summed E-state index contributed by atoms with van der Waals surface area (Å²) in [7, 11) is 0. The van der Waals surface area contributed by atoms with Crippen molar-refractivity contribution in [2.75, 3.05) is 13.2 Å². The molecule has 0 aromatic rings. The Bertz CT molecular complexity index is 180.